The summed E-state index contributed by atoms with van der Waals surface area (Å²) in [5.41, 5.74) is 12.3. The molecule has 5 aliphatic heterocycles. The number of rotatable bonds is 4. The first-order valence-corrected chi connectivity index (χ1v) is 16.7. The first kappa shape index (κ1) is 33.3. The fourth-order valence-corrected chi connectivity index (χ4v) is 6.68. The van der Waals surface area contributed by atoms with Crippen LogP contribution in [-0.2, 0) is 27.2 Å². The van der Waals surface area contributed by atoms with Gasteiger partial charge in [-0.1, -0.05) is 19.3 Å². The van der Waals surface area contributed by atoms with Crippen molar-refractivity contribution in [2.24, 2.45) is 22.0 Å². The summed E-state index contributed by atoms with van der Waals surface area (Å²) in [6.07, 6.45) is 6.22. The molecule has 0 aromatic heterocycles. The van der Waals surface area contributed by atoms with E-state index in [1.165, 1.54) is 41.5 Å². The van der Waals surface area contributed by atoms with E-state index in [2.05, 4.69) is 64.5 Å². The lowest BCUT2D eigenvalue weighted by atomic mass is 9.80. The van der Waals surface area contributed by atoms with Gasteiger partial charge in [-0.3, -0.25) is 14.4 Å². The first-order valence-electron chi connectivity index (χ1n) is 16.7. The van der Waals surface area contributed by atoms with E-state index < -0.39 is 5.97 Å². The van der Waals surface area contributed by atoms with E-state index in [9.17, 15) is 9.59 Å². The van der Waals surface area contributed by atoms with Gasteiger partial charge < -0.3 is 29.7 Å². The number of carbonyl (C=O) groups is 3. The lowest BCUT2D eigenvalue weighted by Gasteiger charge is -2.38. The summed E-state index contributed by atoms with van der Waals surface area (Å²) in [5.74, 6) is 3.77. The maximum absolute atomic E-state index is 11.9. The molecule has 0 radical (unpaired) electrons. The average Bonchev–Trinajstić information content (AvgIpc) is 3.00. The van der Waals surface area contributed by atoms with Crippen LogP contribution >= 0.6 is 0 Å². The van der Waals surface area contributed by atoms with Crippen molar-refractivity contribution < 1.29 is 29.0 Å². The highest BCUT2D eigenvalue weighted by molar-refractivity contribution is 6.10. The molecule has 2 fully saturated rings. The number of anilines is 2. The van der Waals surface area contributed by atoms with Gasteiger partial charge in [0.05, 0.1) is 11.4 Å². The van der Waals surface area contributed by atoms with E-state index in [4.69, 9.17) is 19.4 Å². The Balaban J connectivity index is 0.000000151. The van der Waals surface area contributed by atoms with E-state index >= 15 is 0 Å². The van der Waals surface area contributed by atoms with E-state index in [-0.39, 0.29) is 23.9 Å². The van der Waals surface area contributed by atoms with Crippen molar-refractivity contribution in [1.29, 1.82) is 0 Å². The van der Waals surface area contributed by atoms with E-state index in [1.807, 2.05) is 23.6 Å². The van der Waals surface area contributed by atoms with Crippen LogP contribution < -0.4 is 35.4 Å². The predicted octanol–water partition coefficient (Wildman–Crippen LogP) is 3.25. The summed E-state index contributed by atoms with van der Waals surface area (Å²) in [5, 5.41) is 19.0. The molecule has 2 aromatic rings. The van der Waals surface area contributed by atoms with Crippen molar-refractivity contribution in [2.45, 2.75) is 78.8 Å². The molecule has 48 heavy (non-hydrogen) atoms. The molecule has 256 valence electrons. The Hall–Kier alpha value is -4.65. The number of nitrogens with zero attached hydrogens (tertiary/aromatic N) is 4. The zero-order valence-corrected chi connectivity index (χ0v) is 28.3. The molecule has 13 nitrogen and oxygen atoms in total. The van der Waals surface area contributed by atoms with E-state index in [0.717, 1.165) is 73.3 Å². The lowest BCUT2D eigenvalue weighted by Crippen LogP contribution is -2.55. The Labute approximate surface area is 280 Å². The van der Waals surface area contributed by atoms with Crippen molar-refractivity contribution in [3.8, 4) is 11.5 Å². The summed E-state index contributed by atoms with van der Waals surface area (Å²) in [6.45, 7) is 12.1. The van der Waals surface area contributed by atoms with Crippen LogP contribution in [0.15, 0.2) is 34.5 Å². The number of aryl methyl sites for hydroxylation is 2. The zero-order valence-electron chi connectivity index (χ0n) is 28.3. The van der Waals surface area contributed by atoms with Gasteiger partial charge in [-0.15, -0.1) is 0 Å². The van der Waals surface area contributed by atoms with Crippen LogP contribution in [0.1, 0.15) is 62.3 Å². The SMILES string of the molecule is CC(=O)O.Cc1cc2c(cc1CC1CCC1)N1C(=NNC(=O)C1C)CO2.Cc1cc2c(cc1CC1CNC1)N1C(=NNC(=O)C1C)CO2. The van der Waals surface area contributed by atoms with Crippen LogP contribution in [0, 0.1) is 25.7 Å². The fourth-order valence-electron chi connectivity index (χ4n) is 6.68. The van der Waals surface area contributed by atoms with Crippen molar-refractivity contribution in [2.75, 3.05) is 36.1 Å². The quantitative estimate of drug-likeness (QED) is 0.387. The standard InChI is InChI=1S/C17H21N3O2.C16H20N4O2.C2H4O2/c1-10-6-15-14(8-13(10)7-12-4-3-5-12)20-11(2)17(21)19-18-16(20)9-22-15;1-9-3-14-13(5-12(9)4-11-6-17-7-11)20-10(2)16(21)19-18-15(20)8-22-14;1-2(3)4/h6,8,11-12H,3-5,7,9H2,1-2H3,(H,19,21);3,5,10-11,17H,4,6-8H2,1-2H3,(H,19,21);1H3,(H,3,4). The van der Waals surface area contributed by atoms with E-state index in [1.54, 1.807) is 0 Å². The highest BCUT2D eigenvalue weighted by atomic mass is 16.5. The summed E-state index contributed by atoms with van der Waals surface area (Å²) in [4.78, 5) is 36.9. The molecule has 13 heteroatoms. The Bertz CT molecular complexity index is 1550. The number of hydrazone groups is 2. The predicted molar refractivity (Wildman–Crippen MR) is 183 cm³/mol. The van der Waals surface area contributed by atoms with Crippen LogP contribution in [0.5, 0.6) is 11.5 Å². The Morgan fingerprint density at radius 1 is 0.812 bits per heavy atom. The van der Waals surface area contributed by atoms with Crippen molar-refractivity contribution in [3.05, 3.63) is 46.5 Å². The van der Waals surface area contributed by atoms with Gasteiger partial charge in [0.1, 0.15) is 36.8 Å². The van der Waals surface area contributed by atoms with Crippen molar-refractivity contribution in [1.82, 2.24) is 16.2 Å². The molecule has 4 N–H and O–H groups in total. The molecule has 8 rings (SSSR count). The molecular formula is C35H45N7O6. The highest BCUT2D eigenvalue weighted by Gasteiger charge is 2.37. The van der Waals surface area contributed by atoms with Crippen LogP contribution in [0.25, 0.3) is 0 Å². The minimum Gasteiger partial charge on any atom is -0.483 e. The number of amidine groups is 2. The molecule has 0 spiro atoms. The van der Waals surface area contributed by atoms with Gasteiger partial charge in [0.15, 0.2) is 11.7 Å². The number of carboxylic acid groups (broad SMARTS) is 1. The number of carbonyl (C=O) groups excluding carboxylic acids is 2. The van der Waals surface area contributed by atoms with Gasteiger partial charge in [-0.25, -0.2) is 10.9 Å². The van der Waals surface area contributed by atoms with Gasteiger partial charge >= 0.3 is 0 Å². The summed E-state index contributed by atoms with van der Waals surface area (Å²) < 4.78 is 11.7. The number of hydrogen-bond acceptors (Lipinski definition) is 10. The third-order valence-corrected chi connectivity index (χ3v) is 9.86. The molecule has 6 aliphatic rings. The number of fused-ring (bicyclic) bond motifs is 6. The van der Waals surface area contributed by atoms with Crippen LogP contribution in [0.4, 0.5) is 11.4 Å². The van der Waals surface area contributed by atoms with Crippen LogP contribution in [0.2, 0.25) is 0 Å². The molecule has 2 amide bonds. The summed E-state index contributed by atoms with van der Waals surface area (Å²) in [7, 11) is 0. The molecule has 2 atom stereocenters. The molecule has 1 saturated heterocycles. The van der Waals surface area contributed by atoms with Gasteiger partial charge in [0.2, 0.25) is 0 Å². The zero-order chi connectivity index (χ0) is 34.1. The van der Waals surface area contributed by atoms with Crippen molar-refractivity contribution in [3.63, 3.8) is 0 Å². The molecular weight excluding hydrogens is 614 g/mol. The lowest BCUT2D eigenvalue weighted by molar-refractivity contribution is -0.134. The maximum Gasteiger partial charge on any atom is 0.300 e. The third-order valence-electron chi connectivity index (χ3n) is 9.86. The van der Waals surface area contributed by atoms with Crippen LogP contribution in [-0.4, -0.2) is 72.9 Å². The number of aliphatic carboxylic acids is 1. The topological polar surface area (TPSA) is 157 Å². The number of ether oxygens (including phenoxy) is 2. The molecule has 1 saturated carbocycles. The van der Waals surface area contributed by atoms with Crippen molar-refractivity contribution >= 4 is 40.8 Å². The largest absolute Gasteiger partial charge is 0.483 e. The van der Waals surface area contributed by atoms with Gasteiger partial charge in [0, 0.05) is 6.92 Å². The Kier molecular flexibility index (Phi) is 9.58. The second-order valence-electron chi connectivity index (χ2n) is 13.4. The second kappa shape index (κ2) is 13.8. The smallest absolute Gasteiger partial charge is 0.300 e. The maximum atomic E-state index is 11.9. The summed E-state index contributed by atoms with van der Waals surface area (Å²) in [6, 6.07) is 8.05. The fraction of sp³-hybridized carbons (Fsp3) is 0.514. The molecule has 1 aliphatic carbocycles. The number of carboxylic acids is 1. The van der Waals surface area contributed by atoms with Gasteiger partial charge in [-0.2, -0.15) is 10.2 Å². The Morgan fingerprint density at radius 3 is 1.62 bits per heavy atom. The number of amides is 2. The first-order chi connectivity index (χ1) is 23.0. The highest BCUT2D eigenvalue weighted by Crippen LogP contribution is 2.40. The molecule has 2 unspecified atom stereocenters. The minimum atomic E-state index is -0.833. The molecule has 2 aromatic carbocycles. The number of hydrogen-bond donors (Lipinski definition) is 4. The number of nitrogens with one attached hydrogen (secondary N) is 3. The third kappa shape index (κ3) is 6.82. The average molecular weight is 660 g/mol. The van der Waals surface area contributed by atoms with E-state index in [0.29, 0.717) is 19.1 Å². The normalized spacial score (nSPS) is 22.3. The molecule has 0 bridgehead atoms. The molecule has 5 heterocycles. The number of benzene rings is 2. The Morgan fingerprint density at radius 2 is 1.25 bits per heavy atom. The van der Waals surface area contributed by atoms with Gasteiger partial charge in [-0.05, 0) is 112 Å². The van der Waals surface area contributed by atoms with Gasteiger partial charge in [0.25, 0.3) is 17.8 Å². The summed E-state index contributed by atoms with van der Waals surface area (Å²) >= 11 is 0. The second-order valence-corrected chi connectivity index (χ2v) is 13.4. The van der Waals surface area contributed by atoms with Crippen LogP contribution in [0.3, 0.4) is 0 Å². The monoisotopic (exact) mass is 659 g/mol. The minimum absolute atomic E-state index is 0.0716.